The Kier molecular flexibility index (Phi) is 7.54. The third-order valence-corrected chi connectivity index (χ3v) is 7.15. The molecule has 1 aliphatic rings. The van der Waals surface area contributed by atoms with E-state index in [4.69, 9.17) is 16.3 Å². The third-order valence-electron chi connectivity index (χ3n) is 5.90. The first kappa shape index (κ1) is 24.2. The standard InChI is InChI=1S/C26H26ClFN2O3S/c1-17(2)30(26(32)18-4-3-5-20(28)14-18)15-25(31)29-12-10-24-22(11-13-34-24)23(29)16-33-21-8-6-19(27)7-9-21/h3-9,11,13-14,17,23H,10,12,15-16H2,1-2H3/t23-/m0/s1. The van der Waals surface area contributed by atoms with E-state index in [1.807, 2.05) is 25.3 Å². The maximum atomic E-state index is 13.7. The summed E-state index contributed by atoms with van der Waals surface area (Å²) in [5.41, 5.74) is 1.30. The van der Waals surface area contributed by atoms with Crippen molar-refractivity contribution in [3.63, 3.8) is 0 Å². The molecule has 34 heavy (non-hydrogen) atoms. The van der Waals surface area contributed by atoms with Crippen LogP contribution in [0.5, 0.6) is 5.75 Å². The topological polar surface area (TPSA) is 49.9 Å². The second-order valence-electron chi connectivity index (χ2n) is 8.45. The fourth-order valence-corrected chi connectivity index (χ4v) is 5.15. The molecule has 0 radical (unpaired) electrons. The summed E-state index contributed by atoms with van der Waals surface area (Å²) in [6, 6.07) is 14.2. The highest BCUT2D eigenvalue weighted by Crippen LogP contribution is 2.34. The first-order valence-electron chi connectivity index (χ1n) is 11.1. The highest BCUT2D eigenvalue weighted by molar-refractivity contribution is 7.10. The zero-order chi connectivity index (χ0) is 24.2. The number of carbonyl (C=O) groups is 2. The number of nitrogens with zero attached hydrogens (tertiary/aromatic N) is 2. The van der Waals surface area contributed by atoms with E-state index in [0.29, 0.717) is 17.3 Å². The molecular weight excluding hydrogens is 475 g/mol. The van der Waals surface area contributed by atoms with Gasteiger partial charge in [0.2, 0.25) is 5.91 Å². The number of benzene rings is 2. The van der Waals surface area contributed by atoms with Crippen LogP contribution in [0.3, 0.4) is 0 Å². The van der Waals surface area contributed by atoms with Crippen LogP contribution in [-0.2, 0) is 11.2 Å². The van der Waals surface area contributed by atoms with E-state index >= 15 is 0 Å². The van der Waals surface area contributed by atoms with Gasteiger partial charge in [-0.2, -0.15) is 0 Å². The minimum absolute atomic E-state index is 0.0933. The van der Waals surface area contributed by atoms with E-state index in [1.165, 1.54) is 28.0 Å². The average Bonchev–Trinajstić information content (AvgIpc) is 3.30. The summed E-state index contributed by atoms with van der Waals surface area (Å²) in [6.07, 6.45) is 0.760. The van der Waals surface area contributed by atoms with E-state index in [0.717, 1.165) is 12.0 Å². The van der Waals surface area contributed by atoms with Gasteiger partial charge in [-0.15, -0.1) is 11.3 Å². The molecule has 2 amide bonds. The van der Waals surface area contributed by atoms with Crippen LogP contribution >= 0.6 is 22.9 Å². The molecule has 5 nitrogen and oxygen atoms in total. The Morgan fingerprint density at radius 2 is 1.97 bits per heavy atom. The molecule has 0 aliphatic carbocycles. The Hall–Kier alpha value is -2.90. The van der Waals surface area contributed by atoms with Crippen LogP contribution in [0, 0.1) is 5.82 Å². The van der Waals surface area contributed by atoms with E-state index in [2.05, 4.69) is 0 Å². The summed E-state index contributed by atoms with van der Waals surface area (Å²) in [5, 5.41) is 2.65. The number of hydrogen-bond acceptors (Lipinski definition) is 4. The maximum absolute atomic E-state index is 13.7. The van der Waals surface area contributed by atoms with Crippen molar-refractivity contribution in [2.45, 2.75) is 32.4 Å². The van der Waals surface area contributed by atoms with Crippen molar-refractivity contribution in [3.8, 4) is 5.75 Å². The van der Waals surface area contributed by atoms with Gasteiger partial charge in [0.15, 0.2) is 0 Å². The minimum atomic E-state index is -0.485. The fourth-order valence-electron chi connectivity index (χ4n) is 4.09. The van der Waals surface area contributed by atoms with Crippen molar-refractivity contribution < 1.29 is 18.7 Å². The molecule has 4 rings (SSSR count). The van der Waals surface area contributed by atoms with Gasteiger partial charge in [-0.3, -0.25) is 9.59 Å². The molecule has 0 bridgehead atoms. The van der Waals surface area contributed by atoms with Crippen LogP contribution in [0.25, 0.3) is 0 Å². The van der Waals surface area contributed by atoms with Crippen molar-refractivity contribution in [3.05, 3.63) is 86.8 Å². The number of fused-ring (bicyclic) bond motifs is 1. The quantitative estimate of drug-likeness (QED) is 0.424. The SMILES string of the molecule is CC(C)N(CC(=O)N1CCc2sccc2[C@@H]1COc1ccc(Cl)cc1)C(=O)c1cccc(F)c1. The number of rotatable bonds is 7. The summed E-state index contributed by atoms with van der Waals surface area (Å²) >= 11 is 7.65. The van der Waals surface area contributed by atoms with Gasteiger partial charge < -0.3 is 14.5 Å². The lowest BCUT2D eigenvalue weighted by molar-refractivity contribution is -0.136. The Balaban J connectivity index is 1.53. The number of carbonyl (C=O) groups excluding carboxylic acids is 2. The van der Waals surface area contributed by atoms with Gasteiger partial charge in [0.1, 0.15) is 24.7 Å². The molecular formula is C26H26ClFN2O3S. The molecule has 0 saturated heterocycles. The van der Waals surface area contributed by atoms with Crippen LogP contribution in [0.2, 0.25) is 5.02 Å². The maximum Gasteiger partial charge on any atom is 0.254 e. The highest BCUT2D eigenvalue weighted by atomic mass is 35.5. The van der Waals surface area contributed by atoms with Crippen LogP contribution in [0.4, 0.5) is 4.39 Å². The van der Waals surface area contributed by atoms with Crippen molar-refractivity contribution in [1.29, 1.82) is 0 Å². The largest absolute Gasteiger partial charge is 0.491 e. The van der Waals surface area contributed by atoms with E-state index in [1.54, 1.807) is 46.6 Å². The molecule has 2 aromatic carbocycles. The van der Waals surface area contributed by atoms with E-state index in [-0.39, 0.29) is 42.6 Å². The zero-order valence-corrected chi connectivity index (χ0v) is 20.6. The smallest absolute Gasteiger partial charge is 0.254 e. The normalized spacial score (nSPS) is 15.2. The van der Waals surface area contributed by atoms with Crippen LogP contribution in [0.15, 0.2) is 60.0 Å². The summed E-state index contributed by atoms with van der Waals surface area (Å²) in [6.45, 7) is 4.43. The number of ether oxygens (including phenoxy) is 1. The van der Waals surface area contributed by atoms with Gasteiger partial charge >= 0.3 is 0 Å². The zero-order valence-electron chi connectivity index (χ0n) is 19.0. The molecule has 1 aromatic heterocycles. The predicted octanol–water partition coefficient (Wildman–Crippen LogP) is 5.60. The van der Waals surface area contributed by atoms with Crippen LogP contribution in [0.1, 0.15) is 40.7 Å². The Labute approximate surface area is 207 Å². The number of hydrogen-bond donors (Lipinski definition) is 0. The third kappa shape index (κ3) is 5.42. The summed E-state index contributed by atoms with van der Waals surface area (Å²) in [4.78, 5) is 31.1. The molecule has 0 spiro atoms. The second-order valence-corrected chi connectivity index (χ2v) is 9.89. The molecule has 3 aromatic rings. The van der Waals surface area contributed by atoms with Gasteiger partial charge in [0.05, 0.1) is 6.04 Å². The van der Waals surface area contributed by atoms with Crippen molar-refractivity contribution >= 4 is 34.8 Å². The lowest BCUT2D eigenvalue weighted by Gasteiger charge is -2.37. The van der Waals surface area contributed by atoms with Gasteiger partial charge in [-0.05, 0) is 79.7 Å². The van der Waals surface area contributed by atoms with Gasteiger partial charge in [-0.25, -0.2) is 4.39 Å². The lowest BCUT2D eigenvalue weighted by atomic mass is 10.00. The van der Waals surface area contributed by atoms with Gasteiger partial charge in [0.25, 0.3) is 5.91 Å². The van der Waals surface area contributed by atoms with Crippen molar-refractivity contribution in [1.82, 2.24) is 9.80 Å². The molecule has 1 atom stereocenters. The van der Waals surface area contributed by atoms with E-state index < -0.39 is 5.82 Å². The molecule has 0 saturated carbocycles. The van der Waals surface area contributed by atoms with E-state index in [9.17, 15) is 14.0 Å². The highest BCUT2D eigenvalue weighted by Gasteiger charge is 2.34. The number of thiophene rings is 1. The molecule has 1 aliphatic heterocycles. The molecule has 178 valence electrons. The Bertz CT molecular complexity index is 1160. The first-order valence-corrected chi connectivity index (χ1v) is 12.4. The van der Waals surface area contributed by atoms with Gasteiger partial charge in [0, 0.05) is 28.0 Å². The van der Waals surface area contributed by atoms with Gasteiger partial charge in [-0.1, -0.05) is 17.7 Å². The minimum Gasteiger partial charge on any atom is -0.491 e. The Morgan fingerprint density at radius 1 is 1.21 bits per heavy atom. The molecule has 8 heteroatoms. The summed E-state index contributed by atoms with van der Waals surface area (Å²) in [7, 11) is 0. The molecule has 2 heterocycles. The molecule has 0 N–H and O–H groups in total. The monoisotopic (exact) mass is 500 g/mol. The molecule has 0 unspecified atom stereocenters. The lowest BCUT2D eigenvalue weighted by Crippen LogP contribution is -2.49. The summed E-state index contributed by atoms with van der Waals surface area (Å²) in [5.74, 6) is -0.351. The Morgan fingerprint density at radius 3 is 2.68 bits per heavy atom. The average molecular weight is 501 g/mol. The molecule has 0 fully saturated rings. The fraction of sp³-hybridized carbons (Fsp3) is 0.308. The number of halogens is 2. The summed E-state index contributed by atoms with van der Waals surface area (Å²) < 4.78 is 19.7. The van der Waals surface area contributed by atoms with Crippen LogP contribution < -0.4 is 4.74 Å². The van der Waals surface area contributed by atoms with Crippen LogP contribution in [-0.4, -0.2) is 47.4 Å². The first-order chi connectivity index (χ1) is 16.3. The van der Waals surface area contributed by atoms with Crippen molar-refractivity contribution in [2.24, 2.45) is 0 Å². The second kappa shape index (κ2) is 10.6. The van der Waals surface area contributed by atoms with Crippen molar-refractivity contribution in [2.75, 3.05) is 19.7 Å². The number of amides is 2. The predicted molar refractivity (Wildman–Crippen MR) is 132 cm³/mol.